The first-order valence-electron chi connectivity index (χ1n) is 3.49. The van der Waals surface area contributed by atoms with Crippen LogP contribution in [0.3, 0.4) is 0 Å². The molecule has 0 aliphatic rings. The molecule has 0 aliphatic heterocycles. The highest BCUT2D eigenvalue weighted by atomic mass is 31.0. The minimum Gasteiger partial charge on any atom is -0.542 e. The number of alkyl halides is 3. The number of carboxylic acid groups (broad SMARTS) is 1. The Bertz CT molecular complexity index is 284. The van der Waals surface area contributed by atoms with Gasteiger partial charge in [-0.3, -0.25) is 0 Å². The van der Waals surface area contributed by atoms with Gasteiger partial charge in [-0.15, -0.1) is 0 Å². The number of carbonyl (C=O) groups is 1. The van der Waals surface area contributed by atoms with Gasteiger partial charge in [0.2, 0.25) is 0 Å². The maximum atomic E-state index is 10.5. The van der Waals surface area contributed by atoms with E-state index < -0.39 is 12.1 Å². The Balaban J connectivity index is 0.000000241. The lowest BCUT2D eigenvalue weighted by Gasteiger charge is -2.03. The third kappa shape index (κ3) is 6.43. The van der Waals surface area contributed by atoms with Crippen LogP contribution in [0.5, 0.6) is 0 Å². The lowest BCUT2D eigenvalue weighted by atomic mass is 10.4. The van der Waals surface area contributed by atoms with E-state index in [1.165, 1.54) is 5.30 Å². The quantitative estimate of drug-likeness (QED) is 0.591. The van der Waals surface area contributed by atoms with Crippen LogP contribution in [0.4, 0.5) is 13.2 Å². The van der Waals surface area contributed by atoms with Crippen LogP contribution in [0.1, 0.15) is 0 Å². The van der Waals surface area contributed by atoms with E-state index in [-0.39, 0.29) is 0 Å². The summed E-state index contributed by atoms with van der Waals surface area (Å²) in [7, 11) is 1.90. The molecule has 0 bridgehead atoms. The molecule has 0 N–H and O–H groups in total. The molecule has 0 saturated carbocycles. The number of aliphatic carboxylic acids is 1. The van der Waals surface area contributed by atoms with E-state index in [0.717, 1.165) is 0 Å². The highest BCUT2D eigenvalue weighted by Crippen LogP contribution is 2.11. The topological polar surface area (TPSA) is 40.1 Å². The Morgan fingerprint density at radius 3 is 1.71 bits per heavy atom. The second-order valence-electron chi connectivity index (χ2n) is 2.27. The zero-order valence-electron chi connectivity index (χ0n) is 7.04. The zero-order valence-corrected chi connectivity index (χ0v) is 8.46. The van der Waals surface area contributed by atoms with E-state index in [2.05, 4.69) is 12.1 Å². The minimum absolute atomic E-state index is 1.35. The van der Waals surface area contributed by atoms with Crippen LogP contribution in [0.2, 0.25) is 0 Å². The van der Waals surface area contributed by atoms with E-state index in [1.807, 2.05) is 27.4 Å². The van der Waals surface area contributed by atoms with Crippen molar-refractivity contribution >= 4 is 20.5 Å². The van der Waals surface area contributed by atoms with Gasteiger partial charge in [0.25, 0.3) is 0 Å². The second kappa shape index (κ2) is 5.60. The maximum Gasteiger partial charge on any atom is 0.430 e. The predicted octanol–water partition coefficient (Wildman–Crippen LogP) is 0.218. The number of carbonyl (C=O) groups excluding carboxylic acids is 1. The Hall–Kier alpha value is -1.09. The lowest BCUT2D eigenvalue weighted by molar-refractivity contribution is -0.344. The molecule has 0 spiro atoms. The molecule has 0 fully saturated rings. The number of halogens is 3. The van der Waals surface area contributed by atoms with E-state index in [1.54, 1.807) is 0 Å². The molecule has 0 aliphatic carbocycles. The van der Waals surface area contributed by atoms with Gasteiger partial charge in [-0.25, -0.2) is 0 Å². The van der Waals surface area contributed by atoms with Crippen LogP contribution < -0.4 is 10.4 Å². The lowest BCUT2D eigenvalue weighted by Crippen LogP contribution is -2.37. The smallest absolute Gasteiger partial charge is 0.430 e. The van der Waals surface area contributed by atoms with Crippen LogP contribution in [-0.2, 0) is 4.79 Å². The van der Waals surface area contributed by atoms with Gasteiger partial charge < -0.3 is 9.90 Å². The maximum absolute atomic E-state index is 10.5. The molecular weight excluding hydrogens is 216 g/mol. The first-order valence-corrected chi connectivity index (χ1v) is 4.20. The zero-order chi connectivity index (χ0) is 11.2. The van der Waals surface area contributed by atoms with Crippen LogP contribution in [0.25, 0.3) is 0 Å². The number of rotatable bonds is 0. The summed E-state index contributed by atoms with van der Waals surface area (Å²) in [6, 6.07) is 10.3. The molecule has 1 atom stereocenters. The molecule has 78 valence electrons. The molecule has 1 rings (SSSR count). The molecule has 0 radical (unpaired) electrons. The third-order valence-electron chi connectivity index (χ3n) is 1.07. The van der Waals surface area contributed by atoms with Crippen molar-refractivity contribution in [1.82, 2.24) is 0 Å². The van der Waals surface area contributed by atoms with Crippen molar-refractivity contribution in [2.45, 2.75) is 6.18 Å². The molecule has 14 heavy (non-hydrogen) atoms. The molecule has 6 heteroatoms. The molecule has 0 heterocycles. The van der Waals surface area contributed by atoms with Crippen molar-refractivity contribution < 1.29 is 23.1 Å². The molecule has 0 amide bonds. The number of carboxylic acids is 1. The van der Waals surface area contributed by atoms with Crippen LogP contribution in [0.15, 0.2) is 30.3 Å². The van der Waals surface area contributed by atoms with Crippen molar-refractivity contribution in [2.75, 3.05) is 0 Å². The third-order valence-corrected chi connectivity index (χ3v) is 1.55. The summed E-state index contributed by atoms with van der Waals surface area (Å²) in [5.41, 5.74) is 0. The van der Waals surface area contributed by atoms with Crippen molar-refractivity contribution in [2.24, 2.45) is 0 Å². The van der Waals surface area contributed by atoms with Crippen LogP contribution >= 0.6 is 9.24 Å². The summed E-state index contributed by atoms with van der Waals surface area (Å²) in [5.74, 6) is -3.01. The molecule has 0 aromatic heterocycles. The molecule has 0 saturated heterocycles. The van der Waals surface area contributed by atoms with Crippen molar-refractivity contribution in [3.05, 3.63) is 30.3 Å². The van der Waals surface area contributed by atoms with Gasteiger partial charge in [0.1, 0.15) is 5.97 Å². The van der Waals surface area contributed by atoms with E-state index in [9.17, 15) is 13.2 Å². The molecule has 1 aromatic rings. The highest BCUT2D eigenvalue weighted by Gasteiger charge is 2.28. The standard InChI is InChI=1S/C6H7P.C2HF3O2/c7-6-4-2-1-3-5-6;3-2(4,5)1(6)7/h1-5H,7H2;(H,6,7). The number of hydrogen-bond donors (Lipinski definition) is 0. The van der Waals surface area contributed by atoms with Crippen molar-refractivity contribution in [1.29, 1.82) is 0 Å². The van der Waals surface area contributed by atoms with Gasteiger partial charge in [0.05, 0.1) is 5.30 Å². The van der Waals surface area contributed by atoms with Gasteiger partial charge in [0, 0.05) is 9.24 Å². The van der Waals surface area contributed by atoms with Crippen molar-refractivity contribution in [3.8, 4) is 0 Å². The average Bonchev–Trinajstić information content (AvgIpc) is 2.04. The minimum atomic E-state index is -5.19. The van der Waals surface area contributed by atoms with E-state index in [4.69, 9.17) is 9.90 Å². The van der Waals surface area contributed by atoms with Crippen LogP contribution in [-0.4, -0.2) is 12.1 Å². The first-order chi connectivity index (χ1) is 6.34. The van der Waals surface area contributed by atoms with Gasteiger partial charge in [0.15, 0.2) is 0 Å². The Morgan fingerprint density at radius 2 is 1.57 bits per heavy atom. The largest absolute Gasteiger partial charge is 0.542 e. The Kier molecular flexibility index (Phi) is 5.16. The number of benzene rings is 1. The fraction of sp³-hybridized carbons (Fsp3) is 0.125. The molecular formula is C8H8F3O2P. The fourth-order valence-electron chi connectivity index (χ4n) is 0.478. The van der Waals surface area contributed by atoms with Crippen molar-refractivity contribution in [3.63, 3.8) is 0 Å². The monoisotopic (exact) mass is 224 g/mol. The SMILES string of the molecule is O=C([O-])C(F)(F)F.[PH3+]c1ccccc1. The van der Waals surface area contributed by atoms with E-state index in [0.29, 0.717) is 0 Å². The predicted molar refractivity (Wildman–Crippen MR) is 48.2 cm³/mol. The summed E-state index contributed by atoms with van der Waals surface area (Å²) in [4.78, 5) is 8.78. The summed E-state index contributed by atoms with van der Waals surface area (Å²) in [5, 5.41) is 10.1. The fourth-order valence-corrected chi connectivity index (χ4v) is 0.750. The summed E-state index contributed by atoms with van der Waals surface area (Å²) in [6.07, 6.45) is -5.19. The molecule has 1 aromatic carbocycles. The number of hydrogen-bond acceptors (Lipinski definition) is 2. The first kappa shape index (κ1) is 12.9. The van der Waals surface area contributed by atoms with Gasteiger partial charge in [-0.1, -0.05) is 18.2 Å². The Morgan fingerprint density at radius 1 is 1.21 bits per heavy atom. The average molecular weight is 224 g/mol. The van der Waals surface area contributed by atoms with Gasteiger partial charge in [-0.2, -0.15) is 13.2 Å². The van der Waals surface area contributed by atoms with E-state index >= 15 is 0 Å². The second-order valence-corrected chi connectivity index (χ2v) is 3.09. The Labute approximate surface area is 80.9 Å². The molecule has 2 nitrogen and oxygen atoms in total. The summed E-state index contributed by atoms with van der Waals surface area (Å²) < 4.78 is 31.5. The highest BCUT2D eigenvalue weighted by molar-refractivity contribution is 7.27. The summed E-state index contributed by atoms with van der Waals surface area (Å²) in [6.45, 7) is 0. The normalized spacial score (nSPS) is 10.2. The molecule has 1 unspecified atom stereocenters. The summed E-state index contributed by atoms with van der Waals surface area (Å²) >= 11 is 0. The van der Waals surface area contributed by atoms with Gasteiger partial charge >= 0.3 is 6.18 Å². The van der Waals surface area contributed by atoms with Crippen LogP contribution in [0, 0.1) is 0 Å². The van der Waals surface area contributed by atoms with Gasteiger partial charge in [-0.05, 0) is 12.1 Å².